The van der Waals surface area contributed by atoms with Crippen LogP contribution in [0.4, 0.5) is 0 Å². The molecule has 1 aliphatic heterocycles. The van der Waals surface area contributed by atoms with E-state index in [9.17, 15) is 0 Å². The first-order valence-electron chi connectivity index (χ1n) is 5.47. The van der Waals surface area contributed by atoms with Crippen molar-refractivity contribution in [3.05, 3.63) is 0 Å². The van der Waals surface area contributed by atoms with Gasteiger partial charge < -0.3 is 14.6 Å². The largest absolute Gasteiger partial charge is 0.396 e. The second-order valence-corrected chi connectivity index (χ2v) is 4.47. The van der Waals surface area contributed by atoms with Crippen LogP contribution in [0.15, 0.2) is 0 Å². The molecular weight excluding hydrogens is 180 g/mol. The highest BCUT2D eigenvalue weighted by atomic mass is 16.7. The van der Waals surface area contributed by atoms with Crippen molar-refractivity contribution >= 4 is 0 Å². The summed E-state index contributed by atoms with van der Waals surface area (Å²) in [6, 6.07) is 0. The van der Waals surface area contributed by atoms with Crippen molar-refractivity contribution in [2.45, 2.75) is 39.4 Å². The summed E-state index contributed by atoms with van der Waals surface area (Å²) in [6.07, 6.45) is 1.90. The van der Waals surface area contributed by atoms with Gasteiger partial charge in [-0.2, -0.15) is 0 Å². The summed E-state index contributed by atoms with van der Waals surface area (Å²) in [6.45, 7) is 8.00. The van der Waals surface area contributed by atoms with Crippen molar-refractivity contribution in [3.8, 4) is 0 Å². The van der Waals surface area contributed by atoms with Crippen molar-refractivity contribution in [2.75, 3.05) is 19.8 Å². The maximum Gasteiger partial charge on any atom is 0.168 e. The summed E-state index contributed by atoms with van der Waals surface area (Å²) in [7, 11) is 0. The van der Waals surface area contributed by atoms with Crippen molar-refractivity contribution in [1.29, 1.82) is 0 Å². The Morgan fingerprint density at radius 2 is 1.86 bits per heavy atom. The number of hydrogen-bond acceptors (Lipinski definition) is 3. The van der Waals surface area contributed by atoms with Crippen LogP contribution in [0.5, 0.6) is 0 Å². The summed E-state index contributed by atoms with van der Waals surface area (Å²) in [5.41, 5.74) is 0. The molecule has 0 aliphatic carbocycles. The monoisotopic (exact) mass is 202 g/mol. The topological polar surface area (TPSA) is 38.7 Å². The van der Waals surface area contributed by atoms with Gasteiger partial charge in [0.05, 0.1) is 13.2 Å². The van der Waals surface area contributed by atoms with Crippen molar-refractivity contribution < 1.29 is 14.6 Å². The van der Waals surface area contributed by atoms with Crippen molar-refractivity contribution in [2.24, 2.45) is 11.8 Å². The SMILES string of the molecule is C[C@H](CCO)C[C@@H](C)C1(C)OCCO1. The van der Waals surface area contributed by atoms with E-state index < -0.39 is 5.79 Å². The first kappa shape index (κ1) is 12.0. The van der Waals surface area contributed by atoms with Crippen molar-refractivity contribution in [1.82, 2.24) is 0 Å². The van der Waals surface area contributed by atoms with Gasteiger partial charge in [-0.25, -0.2) is 0 Å². The summed E-state index contributed by atoms with van der Waals surface area (Å²) in [4.78, 5) is 0. The zero-order chi connectivity index (χ0) is 10.6. The molecule has 14 heavy (non-hydrogen) atoms. The Kier molecular flexibility index (Phi) is 4.35. The highest BCUT2D eigenvalue weighted by molar-refractivity contribution is 4.76. The number of aliphatic hydroxyl groups excluding tert-OH is 1. The fraction of sp³-hybridized carbons (Fsp3) is 1.00. The van der Waals surface area contributed by atoms with E-state index in [1.165, 1.54) is 0 Å². The summed E-state index contributed by atoms with van der Waals surface area (Å²) in [5.74, 6) is 0.509. The predicted molar refractivity (Wildman–Crippen MR) is 55.0 cm³/mol. The van der Waals surface area contributed by atoms with E-state index in [1.807, 2.05) is 6.92 Å². The van der Waals surface area contributed by atoms with E-state index in [0.29, 0.717) is 25.0 Å². The molecule has 3 nitrogen and oxygen atoms in total. The highest BCUT2D eigenvalue weighted by Gasteiger charge is 2.37. The minimum Gasteiger partial charge on any atom is -0.396 e. The van der Waals surface area contributed by atoms with Crippen molar-refractivity contribution in [3.63, 3.8) is 0 Å². The Morgan fingerprint density at radius 1 is 1.29 bits per heavy atom. The Balaban J connectivity index is 2.36. The lowest BCUT2D eigenvalue weighted by Crippen LogP contribution is -2.35. The predicted octanol–water partition coefficient (Wildman–Crippen LogP) is 1.79. The number of rotatable bonds is 5. The van der Waals surface area contributed by atoms with Crippen LogP contribution in [0, 0.1) is 11.8 Å². The van der Waals surface area contributed by atoms with Gasteiger partial charge in [0, 0.05) is 12.5 Å². The van der Waals surface area contributed by atoms with Crippen LogP contribution in [0.2, 0.25) is 0 Å². The van der Waals surface area contributed by atoms with Gasteiger partial charge in [0.2, 0.25) is 0 Å². The molecular formula is C11H22O3. The molecule has 0 aromatic carbocycles. The molecule has 0 saturated carbocycles. The fourth-order valence-corrected chi connectivity index (χ4v) is 1.97. The summed E-state index contributed by atoms with van der Waals surface area (Å²) in [5, 5.41) is 8.82. The van der Waals surface area contributed by atoms with E-state index >= 15 is 0 Å². The van der Waals surface area contributed by atoms with Gasteiger partial charge in [0.15, 0.2) is 5.79 Å². The van der Waals surface area contributed by atoms with Crippen LogP contribution in [0.1, 0.15) is 33.6 Å². The third kappa shape index (κ3) is 2.94. The molecule has 0 radical (unpaired) electrons. The standard InChI is InChI=1S/C11H22O3/c1-9(4-5-12)8-10(2)11(3)13-6-7-14-11/h9-10,12H,4-8H2,1-3H3/t9-,10-/m1/s1. The molecule has 0 spiro atoms. The molecule has 0 bridgehead atoms. The zero-order valence-corrected chi connectivity index (χ0v) is 9.45. The lowest BCUT2D eigenvalue weighted by Gasteiger charge is -2.31. The lowest BCUT2D eigenvalue weighted by molar-refractivity contribution is -0.180. The normalized spacial score (nSPS) is 24.9. The highest BCUT2D eigenvalue weighted by Crippen LogP contribution is 2.32. The van der Waals surface area contributed by atoms with Crippen LogP contribution < -0.4 is 0 Å². The molecule has 1 N–H and O–H groups in total. The van der Waals surface area contributed by atoms with Gasteiger partial charge >= 0.3 is 0 Å². The molecule has 0 amide bonds. The molecule has 1 saturated heterocycles. The first-order chi connectivity index (χ1) is 6.58. The van der Waals surface area contributed by atoms with Gasteiger partial charge in [0.25, 0.3) is 0 Å². The lowest BCUT2D eigenvalue weighted by atomic mass is 9.89. The molecule has 3 heteroatoms. The maximum atomic E-state index is 8.82. The summed E-state index contributed by atoms with van der Waals surface area (Å²) >= 11 is 0. The zero-order valence-electron chi connectivity index (χ0n) is 9.45. The molecule has 1 aliphatic rings. The Hall–Kier alpha value is -0.120. The average molecular weight is 202 g/mol. The van der Waals surface area contributed by atoms with Crippen LogP contribution in [0.3, 0.4) is 0 Å². The maximum absolute atomic E-state index is 8.82. The molecule has 0 aromatic heterocycles. The number of aliphatic hydroxyl groups is 1. The smallest absolute Gasteiger partial charge is 0.168 e. The van der Waals surface area contributed by atoms with Gasteiger partial charge in [-0.15, -0.1) is 0 Å². The van der Waals surface area contributed by atoms with Gasteiger partial charge in [-0.1, -0.05) is 13.8 Å². The second kappa shape index (κ2) is 5.10. The van der Waals surface area contributed by atoms with E-state index in [1.54, 1.807) is 0 Å². The van der Waals surface area contributed by atoms with E-state index in [4.69, 9.17) is 14.6 Å². The fourth-order valence-electron chi connectivity index (χ4n) is 1.97. The van der Waals surface area contributed by atoms with Crippen LogP contribution in [-0.4, -0.2) is 30.7 Å². The first-order valence-corrected chi connectivity index (χ1v) is 5.47. The van der Waals surface area contributed by atoms with E-state index in [0.717, 1.165) is 12.8 Å². The van der Waals surface area contributed by atoms with Gasteiger partial charge in [0.1, 0.15) is 0 Å². The van der Waals surface area contributed by atoms with Crippen LogP contribution >= 0.6 is 0 Å². The average Bonchev–Trinajstić information content (AvgIpc) is 2.54. The Labute approximate surface area is 86.4 Å². The van der Waals surface area contributed by atoms with Crippen LogP contribution in [0.25, 0.3) is 0 Å². The second-order valence-electron chi connectivity index (χ2n) is 4.47. The minimum absolute atomic E-state index is 0.270. The molecule has 84 valence electrons. The van der Waals surface area contributed by atoms with Gasteiger partial charge in [-0.3, -0.25) is 0 Å². The Bertz CT molecular complexity index is 164. The van der Waals surface area contributed by atoms with E-state index in [2.05, 4.69) is 13.8 Å². The number of ether oxygens (including phenoxy) is 2. The molecule has 1 heterocycles. The minimum atomic E-state index is -0.399. The summed E-state index contributed by atoms with van der Waals surface area (Å²) < 4.78 is 11.2. The quantitative estimate of drug-likeness (QED) is 0.738. The van der Waals surface area contributed by atoms with Gasteiger partial charge in [-0.05, 0) is 25.7 Å². The third-order valence-electron chi connectivity index (χ3n) is 3.13. The Morgan fingerprint density at radius 3 is 2.36 bits per heavy atom. The third-order valence-corrected chi connectivity index (χ3v) is 3.13. The number of hydrogen-bond donors (Lipinski definition) is 1. The molecule has 0 aromatic rings. The molecule has 0 unspecified atom stereocenters. The molecule has 2 atom stereocenters. The van der Waals surface area contributed by atoms with E-state index in [-0.39, 0.29) is 6.61 Å². The molecule has 1 fully saturated rings. The molecule has 1 rings (SSSR count). The van der Waals surface area contributed by atoms with Crippen LogP contribution in [-0.2, 0) is 9.47 Å².